The maximum absolute atomic E-state index is 13.6. The molecule has 2 heterocycles. The minimum absolute atomic E-state index is 0.0457. The zero-order valence-corrected chi connectivity index (χ0v) is 20.1. The van der Waals surface area contributed by atoms with Crippen molar-refractivity contribution in [2.75, 3.05) is 19.6 Å². The molecule has 3 aromatic carbocycles. The van der Waals surface area contributed by atoms with Crippen LogP contribution in [0.5, 0.6) is 5.75 Å². The van der Waals surface area contributed by atoms with Crippen molar-refractivity contribution in [3.8, 4) is 5.75 Å². The van der Waals surface area contributed by atoms with Crippen LogP contribution in [0.1, 0.15) is 22.7 Å². The molecule has 1 atom stereocenters. The molecule has 0 aliphatic carbocycles. The Kier molecular flexibility index (Phi) is 6.85. The SMILES string of the molecule is C=CCN1C(=O)NC(c2cccc(OCc3ccccc3)c2)C2=C1CN(CCc1ccccc1)C2=O. The highest BCUT2D eigenvalue weighted by molar-refractivity contribution is 6.01. The predicted molar refractivity (Wildman–Crippen MR) is 139 cm³/mol. The van der Waals surface area contributed by atoms with Crippen LogP contribution in [0.3, 0.4) is 0 Å². The van der Waals surface area contributed by atoms with Gasteiger partial charge in [-0.2, -0.15) is 0 Å². The minimum atomic E-state index is -0.539. The summed E-state index contributed by atoms with van der Waals surface area (Å²) in [5, 5.41) is 3.04. The summed E-state index contributed by atoms with van der Waals surface area (Å²) < 4.78 is 6.01. The number of amides is 3. The van der Waals surface area contributed by atoms with Crippen LogP contribution in [0, 0.1) is 0 Å². The zero-order valence-electron chi connectivity index (χ0n) is 20.1. The van der Waals surface area contributed by atoms with Gasteiger partial charge in [0.15, 0.2) is 0 Å². The Morgan fingerprint density at radius 3 is 2.39 bits per heavy atom. The van der Waals surface area contributed by atoms with E-state index in [4.69, 9.17) is 4.74 Å². The summed E-state index contributed by atoms with van der Waals surface area (Å²) in [5.41, 5.74) is 4.42. The summed E-state index contributed by atoms with van der Waals surface area (Å²) in [6.07, 6.45) is 2.43. The first-order valence-corrected chi connectivity index (χ1v) is 12.2. The van der Waals surface area contributed by atoms with Crippen molar-refractivity contribution >= 4 is 11.9 Å². The lowest BCUT2D eigenvalue weighted by Gasteiger charge is -2.33. The first-order valence-electron chi connectivity index (χ1n) is 12.2. The van der Waals surface area contributed by atoms with Crippen molar-refractivity contribution in [2.24, 2.45) is 0 Å². The number of carbonyl (C=O) groups is 2. The van der Waals surface area contributed by atoms with Crippen LogP contribution in [-0.2, 0) is 17.8 Å². The molecule has 2 aliphatic rings. The summed E-state index contributed by atoms with van der Waals surface area (Å²) in [6.45, 7) is 5.56. The van der Waals surface area contributed by atoms with Crippen LogP contribution in [0.2, 0.25) is 0 Å². The summed E-state index contributed by atoms with van der Waals surface area (Å²) in [7, 11) is 0. The molecule has 0 saturated heterocycles. The average molecular weight is 480 g/mol. The van der Waals surface area contributed by atoms with Gasteiger partial charge in [-0.05, 0) is 35.2 Å². The van der Waals surface area contributed by atoms with Gasteiger partial charge < -0.3 is 15.0 Å². The number of hydrogen-bond donors (Lipinski definition) is 1. The van der Waals surface area contributed by atoms with Gasteiger partial charge in [-0.15, -0.1) is 6.58 Å². The second kappa shape index (κ2) is 10.5. The molecule has 0 radical (unpaired) electrons. The number of benzene rings is 3. The molecule has 5 rings (SSSR count). The third kappa shape index (κ3) is 4.89. The van der Waals surface area contributed by atoms with Crippen molar-refractivity contribution in [1.82, 2.24) is 15.1 Å². The Morgan fingerprint density at radius 2 is 1.67 bits per heavy atom. The summed E-state index contributed by atoms with van der Waals surface area (Å²) in [4.78, 5) is 30.2. The molecule has 0 aromatic heterocycles. The monoisotopic (exact) mass is 479 g/mol. The lowest BCUT2D eigenvalue weighted by Crippen LogP contribution is -2.47. The van der Waals surface area contributed by atoms with E-state index >= 15 is 0 Å². The summed E-state index contributed by atoms with van der Waals surface area (Å²) in [6, 6.07) is 26.9. The van der Waals surface area contributed by atoms with Crippen molar-refractivity contribution in [1.29, 1.82) is 0 Å². The van der Waals surface area contributed by atoms with Crippen LogP contribution in [0.4, 0.5) is 4.79 Å². The fraction of sp³-hybridized carbons (Fsp3) is 0.200. The van der Waals surface area contributed by atoms with E-state index in [1.54, 1.807) is 11.0 Å². The molecular formula is C30H29N3O3. The third-order valence-electron chi connectivity index (χ3n) is 6.56. The van der Waals surface area contributed by atoms with Gasteiger partial charge in [-0.3, -0.25) is 9.69 Å². The fourth-order valence-electron chi connectivity index (χ4n) is 4.73. The smallest absolute Gasteiger partial charge is 0.322 e. The Bertz CT molecular complexity index is 1290. The topological polar surface area (TPSA) is 61.9 Å². The van der Waals surface area contributed by atoms with Gasteiger partial charge in [-0.1, -0.05) is 78.9 Å². The molecule has 6 heteroatoms. The average Bonchev–Trinajstić information content (AvgIpc) is 3.25. The quantitative estimate of drug-likeness (QED) is 0.446. The van der Waals surface area contributed by atoms with E-state index in [2.05, 4.69) is 24.0 Å². The Balaban J connectivity index is 1.39. The van der Waals surface area contributed by atoms with Crippen LogP contribution in [-0.4, -0.2) is 41.4 Å². The Morgan fingerprint density at radius 1 is 0.944 bits per heavy atom. The van der Waals surface area contributed by atoms with Gasteiger partial charge in [0.05, 0.1) is 23.9 Å². The molecule has 3 amide bonds. The van der Waals surface area contributed by atoms with E-state index in [-0.39, 0.29) is 11.9 Å². The van der Waals surface area contributed by atoms with E-state index in [0.29, 0.717) is 37.6 Å². The second-order valence-corrected chi connectivity index (χ2v) is 8.95. The number of urea groups is 1. The van der Waals surface area contributed by atoms with E-state index in [1.807, 2.05) is 77.7 Å². The van der Waals surface area contributed by atoms with E-state index in [0.717, 1.165) is 23.2 Å². The molecule has 0 saturated carbocycles. The van der Waals surface area contributed by atoms with Crippen molar-refractivity contribution < 1.29 is 14.3 Å². The molecule has 0 spiro atoms. The zero-order chi connectivity index (χ0) is 24.9. The number of hydrogen-bond acceptors (Lipinski definition) is 3. The van der Waals surface area contributed by atoms with E-state index in [9.17, 15) is 9.59 Å². The highest BCUT2D eigenvalue weighted by atomic mass is 16.5. The Hall–Kier alpha value is -4.32. The molecule has 0 bridgehead atoms. The highest BCUT2D eigenvalue weighted by Gasteiger charge is 2.43. The van der Waals surface area contributed by atoms with Crippen LogP contribution in [0.15, 0.2) is 109 Å². The van der Waals surface area contributed by atoms with E-state index < -0.39 is 6.04 Å². The molecule has 3 aromatic rings. The molecular weight excluding hydrogens is 450 g/mol. The summed E-state index contributed by atoms with van der Waals surface area (Å²) in [5.74, 6) is 0.642. The molecule has 1 N–H and O–H groups in total. The van der Waals surface area contributed by atoms with Gasteiger partial charge in [0.1, 0.15) is 12.4 Å². The molecule has 1 unspecified atom stereocenters. The van der Waals surface area contributed by atoms with Crippen molar-refractivity contribution in [2.45, 2.75) is 19.1 Å². The van der Waals surface area contributed by atoms with E-state index in [1.165, 1.54) is 5.56 Å². The molecule has 2 aliphatic heterocycles. The number of rotatable bonds is 9. The molecule has 36 heavy (non-hydrogen) atoms. The maximum atomic E-state index is 13.6. The van der Waals surface area contributed by atoms with Gasteiger partial charge in [0.2, 0.25) is 0 Å². The maximum Gasteiger partial charge on any atom is 0.322 e. The lowest BCUT2D eigenvalue weighted by molar-refractivity contribution is -0.125. The van der Waals surface area contributed by atoms with Gasteiger partial charge >= 0.3 is 6.03 Å². The molecule has 6 nitrogen and oxygen atoms in total. The van der Waals surface area contributed by atoms with Crippen LogP contribution < -0.4 is 10.1 Å². The first-order chi connectivity index (χ1) is 17.6. The van der Waals surface area contributed by atoms with Gasteiger partial charge in [0, 0.05) is 13.1 Å². The standard InChI is InChI=1S/C30H29N3O3/c1-2-17-33-26-20-32(18-16-22-10-5-3-6-11-22)29(34)27(26)28(31-30(33)35)24-14-9-15-25(19-24)36-21-23-12-7-4-8-13-23/h2-15,19,28H,1,16-18,20-21H2,(H,31,35). The number of nitrogens with one attached hydrogen (secondary N) is 1. The van der Waals surface area contributed by atoms with Crippen molar-refractivity contribution in [3.63, 3.8) is 0 Å². The highest BCUT2D eigenvalue weighted by Crippen LogP contribution is 2.37. The summed E-state index contributed by atoms with van der Waals surface area (Å²) >= 11 is 0. The Labute approximate surface area is 211 Å². The fourth-order valence-corrected chi connectivity index (χ4v) is 4.73. The van der Waals surface area contributed by atoms with Crippen molar-refractivity contribution in [3.05, 3.63) is 126 Å². The van der Waals surface area contributed by atoms with Crippen LogP contribution in [0.25, 0.3) is 0 Å². The third-order valence-corrected chi connectivity index (χ3v) is 6.56. The normalized spacial score (nSPS) is 17.2. The number of carbonyl (C=O) groups excluding carboxylic acids is 2. The van der Waals surface area contributed by atoms with Gasteiger partial charge in [0.25, 0.3) is 5.91 Å². The second-order valence-electron chi connectivity index (χ2n) is 8.95. The lowest BCUT2D eigenvalue weighted by atomic mass is 9.95. The first kappa shape index (κ1) is 23.4. The largest absolute Gasteiger partial charge is 0.489 e. The minimum Gasteiger partial charge on any atom is -0.489 e. The van der Waals surface area contributed by atoms with Crippen LogP contribution >= 0.6 is 0 Å². The number of nitrogens with zero attached hydrogens (tertiary/aromatic N) is 2. The molecule has 0 fully saturated rings. The predicted octanol–water partition coefficient (Wildman–Crippen LogP) is 4.86. The molecule has 182 valence electrons. The number of ether oxygens (including phenoxy) is 1. The van der Waals surface area contributed by atoms with Gasteiger partial charge in [-0.25, -0.2) is 4.79 Å².